The first-order valence-corrected chi connectivity index (χ1v) is 4.74. The van der Waals surface area contributed by atoms with Crippen LogP contribution in [0.3, 0.4) is 0 Å². The molecule has 0 N–H and O–H groups in total. The van der Waals surface area contributed by atoms with Gasteiger partial charge in [0.15, 0.2) is 5.78 Å². The van der Waals surface area contributed by atoms with Crippen LogP contribution in [0.25, 0.3) is 0 Å². The summed E-state index contributed by atoms with van der Waals surface area (Å²) in [4.78, 5) is 22.0. The van der Waals surface area contributed by atoms with Gasteiger partial charge in [-0.2, -0.15) is 0 Å². The number of hydrogen-bond acceptors (Lipinski definition) is 2. The van der Waals surface area contributed by atoms with Crippen LogP contribution in [-0.2, 0) is 0 Å². The molecule has 0 aliphatic rings. The number of Topliss-reactive ketones (excluding diaryl/α,β-unsaturated/α-hetero) is 1. The van der Waals surface area contributed by atoms with Crippen molar-refractivity contribution in [2.24, 2.45) is 0 Å². The first-order valence-electron chi connectivity index (χ1n) is 4.30. The highest BCUT2D eigenvalue weighted by molar-refractivity contribution is 6.33. The van der Waals surface area contributed by atoms with Crippen molar-refractivity contribution in [2.75, 3.05) is 0 Å². The van der Waals surface area contributed by atoms with Crippen molar-refractivity contribution >= 4 is 23.7 Å². The molecule has 1 aromatic carbocycles. The van der Waals surface area contributed by atoms with Gasteiger partial charge in [-0.1, -0.05) is 12.1 Å². The standard InChI is InChI=1S/C11H11ClO2/c1-7-5-9(6-13)3-4-10(7)11(14)8(2)12/h3-6,8H,1-2H3. The van der Waals surface area contributed by atoms with Crippen LogP contribution >= 0.6 is 11.6 Å². The lowest BCUT2D eigenvalue weighted by Crippen LogP contribution is -2.12. The minimum Gasteiger partial charge on any atom is -0.298 e. The summed E-state index contributed by atoms with van der Waals surface area (Å²) in [5, 5.41) is -0.532. The predicted molar refractivity (Wildman–Crippen MR) is 56.2 cm³/mol. The number of benzene rings is 1. The summed E-state index contributed by atoms with van der Waals surface area (Å²) in [6.45, 7) is 3.43. The number of hydrogen-bond donors (Lipinski definition) is 0. The van der Waals surface area contributed by atoms with Crippen molar-refractivity contribution in [3.05, 3.63) is 34.9 Å². The summed E-state index contributed by atoms with van der Waals surface area (Å²) in [7, 11) is 0. The van der Waals surface area contributed by atoms with Crippen LogP contribution in [-0.4, -0.2) is 17.4 Å². The summed E-state index contributed by atoms with van der Waals surface area (Å²) in [5.41, 5.74) is 1.94. The molecule has 1 unspecified atom stereocenters. The van der Waals surface area contributed by atoms with Crippen molar-refractivity contribution in [2.45, 2.75) is 19.2 Å². The SMILES string of the molecule is Cc1cc(C=O)ccc1C(=O)C(C)Cl. The van der Waals surface area contributed by atoms with Gasteiger partial charge in [-0.15, -0.1) is 11.6 Å². The molecule has 0 aliphatic carbocycles. The molecule has 0 bridgehead atoms. The van der Waals surface area contributed by atoms with E-state index in [1.165, 1.54) is 0 Å². The van der Waals surface area contributed by atoms with Gasteiger partial charge >= 0.3 is 0 Å². The number of rotatable bonds is 3. The highest BCUT2D eigenvalue weighted by Gasteiger charge is 2.14. The smallest absolute Gasteiger partial charge is 0.180 e. The molecule has 1 rings (SSSR count). The summed E-state index contributed by atoms with van der Waals surface area (Å²) in [6.07, 6.45) is 0.755. The van der Waals surface area contributed by atoms with Crippen LogP contribution in [0.2, 0.25) is 0 Å². The Labute approximate surface area is 87.9 Å². The van der Waals surface area contributed by atoms with Gasteiger partial charge in [-0.25, -0.2) is 0 Å². The Kier molecular flexibility index (Phi) is 3.42. The predicted octanol–water partition coefficient (Wildman–Crippen LogP) is 2.62. The largest absolute Gasteiger partial charge is 0.298 e. The number of halogens is 1. The minimum absolute atomic E-state index is 0.110. The maximum atomic E-state index is 11.5. The van der Waals surface area contributed by atoms with Crippen LogP contribution in [0.4, 0.5) is 0 Å². The van der Waals surface area contributed by atoms with Gasteiger partial charge in [-0.05, 0) is 25.5 Å². The summed E-state index contributed by atoms with van der Waals surface area (Å²) < 4.78 is 0. The number of carbonyl (C=O) groups excluding carboxylic acids is 2. The zero-order chi connectivity index (χ0) is 10.7. The Morgan fingerprint density at radius 1 is 1.50 bits per heavy atom. The first kappa shape index (κ1) is 10.9. The summed E-state index contributed by atoms with van der Waals surface area (Å²) in [5.74, 6) is -0.110. The van der Waals surface area contributed by atoms with Crippen LogP contribution in [0, 0.1) is 6.92 Å². The third-order valence-electron chi connectivity index (χ3n) is 2.01. The van der Waals surface area contributed by atoms with Crippen LogP contribution in [0.1, 0.15) is 33.2 Å². The second-order valence-corrected chi connectivity index (χ2v) is 3.83. The second-order valence-electron chi connectivity index (χ2n) is 3.17. The van der Waals surface area contributed by atoms with Crippen LogP contribution in [0.15, 0.2) is 18.2 Å². The molecule has 74 valence electrons. The van der Waals surface area contributed by atoms with E-state index in [1.807, 2.05) is 0 Å². The van der Waals surface area contributed by atoms with Gasteiger partial charge in [0.25, 0.3) is 0 Å². The van der Waals surface area contributed by atoms with E-state index in [2.05, 4.69) is 0 Å². The topological polar surface area (TPSA) is 34.1 Å². The van der Waals surface area contributed by atoms with Crippen LogP contribution in [0.5, 0.6) is 0 Å². The average molecular weight is 211 g/mol. The second kappa shape index (κ2) is 4.38. The number of carbonyl (C=O) groups is 2. The van der Waals surface area contributed by atoms with Crippen molar-refractivity contribution in [1.29, 1.82) is 0 Å². The molecule has 3 heteroatoms. The maximum absolute atomic E-state index is 11.5. The van der Waals surface area contributed by atoms with Crippen molar-refractivity contribution < 1.29 is 9.59 Å². The molecule has 0 heterocycles. The van der Waals surface area contributed by atoms with Gasteiger partial charge in [-0.3, -0.25) is 9.59 Å². The Bertz CT molecular complexity index is 370. The molecule has 0 aliphatic heterocycles. The molecule has 0 saturated carbocycles. The summed E-state index contributed by atoms with van der Waals surface area (Å²) >= 11 is 5.69. The fraction of sp³-hybridized carbons (Fsp3) is 0.273. The molecule has 0 radical (unpaired) electrons. The maximum Gasteiger partial charge on any atom is 0.180 e. The quantitative estimate of drug-likeness (QED) is 0.437. The molecule has 0 saturated heterocycles. The zero-order valence-corrected chi connectivity index (χ0v) is 8.84. The molecule has 2 nitrogen and oxygen atoms in total. The fourth-order valence-corrected chi connectivity index (χ4v) is 1.37. The highest BCUT2D eigenvalue weighted by atomic mass is 35.5. The zero-order valence-electron chi connectivity index (χ0n) is 8.08. The lowest BCUT2D eigenvalue weighted by molar-refractivity contribution is 0.0990. The number of aldehydes is 1. The van der Waals surface area contributed by atoms with Crippen molar-refractivity contribution in [3.8, 4) is 0 Å². The number of ketones is 1. The Morgan fingerprint density at radius 3 is 2.57 bits per heavy atom. The van der Waals surface area contributed by atoms with Gasteiger partial charge < -0.3 is 0 Å². The van der Waals surface area contributed by atoms with Gasteiger partial charge in [0.05, 0.1) is 5.38 Å². The first-order chi connectivity index (χ1) is 6.56. The fourth-order valence-electron chi connectivity index (χ4n) is 1.25. The summed E-state index contributed by atoms with van der Waals surface area (Å²) in [6, 6.07) is 4.94. The monoisotopic (exact) mass is 210 g/mol. The molecule has 14 heavy (non-hydrogen) atoms. The van der Waals surface area contributed by atoms with E-state index in [9.17, 15) is 9.59 Å². The highest BCUT2D eigenvalue weighted by Crippen LogP contribution is 2.14. The molecular weight excluding hydrogens is 200 g/mol. The third kappa shape index (κ3) is 2.20. The average Bonchev–Trinajstić information content (AvgIpc) is 2.16. The number of aryl methyl sites for hydroxylation is 1. The molecule has 1 aromatic rings. The minimum atomic E-state index is -0.532. The van der Waals surface area contributed by atoms with Gasteiger partial charge in [0, 0.05) is 11.1 Å². The molecule has 0 aromatic heterocycles. The van der Waals surface area contributed by atoms with Crippen molar-refractivity contribution in [3.63, 3.8) is 0 Å². The van der Waals surface area contributed by atoms with Gasteiger partial charge in [0.2, 0.25) is 0 Å². The van der Waals surface area contributed by atoms with E-state index in [0.29, 0.717) is 11.1 Å². The Hall–Kier alpha value is -1.15. The van der Waals surface area contributed by atoms with E-state index < -0.39 is 5.38 Å². The Morgan fingerprint density at radius 2 is 2.14 bits per heavy atom. The van der Waals surface area contributed by atoms with E-state index in [0.717, 1.165) is 11.8 Å². The third-order valence-corrected chi connectivity index (χ3v) is 2.21. The van der Waals surface area contributed by atoms with E-state index in [4.69, 9.17) is 11.6 Å². The number of alkyl halides is 1. The van der Waals surface area contributed by atoms with E-state index in [1.54, 1.807) is 32.0 Å². The molecule has 0 amide bonds. The van der Waals surface area contributed by atoms with Gasteiger partial charge in [0.1, 0.15) is 6.29 Å². The van der Waals surface area contributed by atoms with E-state index in [-0.39, 0.29) is 5.78 Å². The molecule has 1 atom stereocenters. The normalized spacial score (nSPS) is 12.2. The van der Waals surface area contributed by atoms with Crippen molar-refractivity contribution in [1.82, 2.24) is 0 Å². The Balaban J connectivity index is 3.12. The molecular formula is C11H11ClO2. The molecule has 0 fully saturated rings. The lowest BCUT2D eigenvalue weighted by Gasteiger charge is -2.06. The molecule has 0 spiro atoms. The van der Waals surface area contributed by atoms with E-state index >= 15 is 0 Å². The van der Waals surface area contributed by atoms with Crippen LogP contribution < -0.4 is 0 Å². The lowest BCUT2D eigenvalue weighted by atomic mass is 10.0.